The van der Waals surface area contributed by atoms with Gasteiger partial charge in [0.1, 0.15) is 0 Å². The Balaban J connectivity index is 1.47. The van der Waals surface area contributed by atoms with Crippen LogP contribution in [-0.4, -0.2) is 6.61 Å². The Morgan fingerprint density at radius 3 is 2.42 bits per heavy atom. The molecular formula is C28H40F2O. The second-order valence-electron chi connectivity index (χ2n) is 9.51. The summed E-state index contributed by atoms with van der Waals surface area (Å²) >= 11 is 0. The highest BCUT2D eigenvalue weighted by Crippen LogP contribution is 2.38. The summed E-state index contributed by atoms with van der Waals surface area (Å²) in [5.41, 5.74) is 1.37. The van der Waals surface area contributed by atoms with E-state index in [0.29, 0.717) is 18.1 Å². The molecule has 1 aromatic rings. The van der Waals surface area contributed by atoms with E-state index >= 15 is 0 Å². The van der Waals surface area contributed by atoms with Crippen molar-refractivity contribution in [2.45, 2.75) is 90.9 Å². The standard InChI is InChI=1S/C28H40F2O/c1-3-5-7-21-8-10-22(11-9-21)12-13-23-14-16-24(17-15-23)25-18-19-26(28(30)27(25)29)31-20-6-4-2/h5,7,16,18-19,21-23H,3-4,6,8-15,17,20H2,1-2H3/b7-5+. The summed E-state index contributed by atoms with van der Waals surface area (Å²) in [4.78, 5) is 0. The normalized spacial score (nSPS) is 24.4. The van der Waals surface area contributed by atoms with Crippen LogP contribution in [0.5, 0.6) is 5.75 Å². The van der Waals surface area contributed by atoms with Crippen molar-refractivity contribution in [3.05, 3.63) is 47.6 Å². The monoisotopic (exact) mass is 430 g/mol. The first-order chi connectivity index (χ1) is 15.1. The molecule has 0 radical (unpaired) electrons. The molecule has 1 saturated carbocycles. The van der Waals surface area contributed by atoms with Crippen molar-refractivity contribution in [2.75, 3.05) is 6.61 Å². The number of unbranched alkanes of at least 4 members (excludes halogenated alkanes) is 1. The highest BCUT2D eigenvalue weighted by atomic mass is 19.2. The average molecular weight is 431 g/mol. The van der Waals surface area contributed by atoms with Gasteiger partial charge in [0.15, 0.2) is 11.6 Å². The number of hydrogen-bond acceptors (Lipinski definition) is 1. The fraction of sp³-hybridized carbons (Fsp3) is 0.643. The molecule has 0 bridgehead atoms. The number of rotatable bonds is 10. The molecule has 3 heteroatoms. The molecule has 2 aliphatic carbocycles. The van der Waals surface area contributed by atoms with Crippen LogP contribution in [0.4, 0.5) is 8.78 Å². The first-order valence-electron chi connectivity index (χ1n) is 12.6. The lowest BCUT2D eigenvalue weighted by atomic mass is 9.77. The SMILES string of the molecule is CC/C=C/C1CCC(CCC2CC=C(c3ccc(OCCCC)c(F)c3F)CC2)CC1. The quantitative estimate of drug-likeness (QED) is 0.266. The molecule has 3 rings (SSSR count). The zero-order valence-corrected chi connectivity index (χ0v) is 19.5. The predicted molar refractivity (Wildman–Crippen MR) is 126 cm³/mol. The number of allylic oxidation sites excluding steroid dienone is 4. The minimum Gasteiger partial charge on any atom is -0.490 e. The van der Waals surface area contributed by atoms with Crippen LogP contribution in [0.25, 0.3) is 5.57 Å². The maximum atomic E-state index is 14.7. The molecule has 1 nitrogen and oxygen atoms in total. The molecule has 0 aliphatic heterocycles. The van der Waals surface area contributed by atoms with Crippen molar-refractivity contribution in [1.82, 2.24) is 0 Å². The molecule has 1 fully saturated rings. The van der Waals surface area contributed by atoms with Gasteiger partial charge in [0.05, 0.1) is 6.61 Å². The Morgan fingerprint density at radius 1 is 0.968 bits per heavy atom. The summed E-state index contributed by atoms with van der Waals surface area (Å²) in [6.45, 7) is 4.67. The van der Waals surface area contributed by atoms with Crippen molar-refractivity contribution in [3.63, 3.8) is 0 Å². The fourth-order valence-electron chi connectivity index (χ4n) is 5.08. The Morgan fingerprint density at radius 2 is 1.74 bits per heavy atom. The number of benzene rings is 1. The third-order valence-electron chi connectivity index (χ3n) is 7.19. The summed E-state index contributed by atoms with van der Waals surface area (Å²) in [5, 5.41) is 0. The number of ether oxygens (including phenoxy) is 1. The van der Waals surface area contributed by atoms with Crippen LogP contribution < -0.4 is 4.74 Å². The maximum absolute atomic E-state index is 14.7. The summed E-state index contributed by atoms with van der Waals surface area (Å²) in [5.74, 6) is 0.794. The van der Waals surface area contributed by atoms with Crippen LogP contribution in [0.1, 0.15) is 96.5 Å². The van der Waals surface area contributed by atoms with Crippen molar-refractivity contribution in [2.24, 2.45) is 17.8 Å². The minimum atomic E-state index is -0.846. The van der Waals surface area contributed by atoms with Crippen LogP contribution in [0.3, 0.4) is 0 Å². The van der Waals surface area contributed by atoms with Gasteiger partial charge in [-0.25, -0.2) is 4.39 Å². The Labute approximate surface area is 188 Å². The van der Waals surface area contributed by atoms with E-state index in [4.69, 9.17) is 4.74 Å². The van der Waals surface area contributed by atoms with Gasteiger partial charge in [0, 0.05) is 5.56 Å². The molecule has 31 heavy (non-hydrogen) atoms. The average Bonchev–Trinajstić information content (AvgIpc) is 2.80. The molecule has 1 unspecified atom stereocenters. The number of halogens is 2. The summed E-state index contributed by atoms with van der Waals surface area (Å²) in [6, 6.07) is 3.28. The molecular weight excluding hydrogens is 390 g/mol. The van der Waals surface area contributed by atoms with Gasteiger partial charge in [-0.1, -0.05) is 44.9 Å². The van der Waals surface area contributed by atoms with Gasteiger partial charge in [0.2, 0.25) is 5.82 Å². The Kier molecular flexibility index (Phi) is 9.61. The molecule has 2 aliphatic rings. The van der Waals surface area contributed by atoms with E-state index in [2.05, 4.69) is 25.2 Å². The smallest absolute Gasteiger partial charge is 0.201 e. The lowest BCUT2D eigenvalue weighted by molar-refractivity contribution is 0.271. The van der Waals surface area contributed by atoms with Crippen LogP contribution in [0.15, 0.2) is 30.4 Å². The lowest BCUT2D eigenvalue weighted by Gasteiger charge is -2.29. The lowest BCUT2D eigenvalue weighted by Crippen LogP contribution is -2.15. The molecule has 1 aromatic carbocycles. The predicted octanol–water partition coefficient (Wildman–Crippen LogP) is 8.88. The second-order valence-corrected chi connectivity index (χ2v) is 9.51. The van der Waals surface area contributed by atoms with Crippen LogP contribution in [-0.2, 0) is 0 Å². The third-order valence-corrected chi connectivity index (χ3v) is 7.19. The Hall–Kier alpha value is -1.64. The van der Waals surface area contributed by atoms with Crippen molar-refractivity contribution >= 4 is 5.57 Å². The van der Waals surface area contributed by atoms with Gasteiger partial charge < -0.3 is 4.74 Å². The van der Waals surface area contributed by atoms with Gasteiger partial charge in [-0.15, -0.1) is 0 Å². The molecule has 0 aromatic heterocycles. The summed E-state index contributed by atoms with van der Waals surface area (Å²) in [7, 11) is 0. The molecule has 0 heterocycles. The van der Waals surface area contributed by atoms with Crippen LogP contribution in [0.2, 0.25) is 0 Å². The van der Waals surface area contributed by atoms with E-state index in [1.165, 1.54) is 38.5 Å². The van der Waals surface area contributed by atoms with E-state index in [9.17, 15) is 8.78 Å². The minimum absolute atomic E-state index is 0.0314. The molecule has 0 spiro atoms. The molecule has 1 atom stereocenters. The van der Waals surface area contributed by atoms with E-state index in [0.717, 1.165) is 55.9 Å². The van der Waals surface area contributed by atoms with Crippen molar-refractivity contribution in [1.29, 1.82) is 0 Å². The third kappa shape index (κ3) is 6.92. The van der Waals surface area contributed by atoms with Crippen molar-refractivity contribution in [3.8, 4) is 5.75 Å². The highest BCUT2D eigenvalue weighted by molar-refractivity contribution is 5.67. The van der Waals surface area contributed by atoms with Crippen LogP contribution in [0, 0.1) is 29.4 Å². The zero-order valence-electron chi connectivity index (χ0n) is 19.5. The molecule has 0 N–H and O–H groups in total. The highest BCUT2D eigenvalue weighted by Gasteiger charge is 2.23. The first-order valence-corrected chi connectivity index (χ1v) is 12.6. The zero-order chi connectivity index (χ0) is 22.1. The molecule has 0 saturated heterocycles. The Bertz CT molecular complexity index is 744. The van der Waals surface area contributed by atoms with E-state index in [1.54, 1.807) is 12.1 Å². The van der Waals surface area contributed by atoms with E-state index in [1.807, 2.05) is 6.92 Å². The van der Waals surface area contributed by atoms with Crippen molar-refractivity contribution < 1.29 is 13.5 Å². The molecule has 172 valence electrons. The van der Waals surface area contributed by atoms with E-state index < -0.39 is 11.6 Å². The summed E-state index contributed by atoms with van der Waals surface area (Å²) in [6.07, 6.45) is 20.8. The van der Waals surface area contributed by atoms with Gasteiger partial charge >= 0.3 is 0 Å². The van der Waals surface area contributed by atoms with Gasteiger partial charge in [-0.2, -0.15) is 4.39 Å². The number of hydrogen-bond donors (Lipinski definition) is 0. The largest absolute Gasteiger partial charge is 0.490 e. The van der Waals surface area contributed by atoms with Gasteiger partial charge in [-0.05, 0) is 99.7 Å². The topological polar surface area (TPSA) is 9.23 Å². The van der Waals surface area contributed by atoms with E-state index in [-0.39, 0.29) is 5.75 Å². The summed E-state index contributed by atoms with van der Waals surface area (Å²) < 4.78 is 34.5. The van der Waals surface area contributed by atoms with Crippen LogP contribution >= 0.6 is 0 Å². The maximum Gasteiger partial charge on any atom is 0.201 e. The second kappa shape index (κ2) is 12.4. The van der Waals surface area contributed by atoms with Gasteiger partial charge in [0.25, 0.3) is 0 Å². The first kappa shape index (κ1) is 24.0. The molecule has 0 amide bonds. The fourth-order valence-corrected chi connectivity index (χ4v) is 5.08. The van der Waals surface area contributed by atoms with Gasteiger partial charge in [-0.3, -0.25) is 0 Å².